The molecule has 1 saturated heterocycles. The van der Waals surface area contributed by atoms with Crippen LogP contribution in [0.2, 0.25) is 0 Å². The number of piperidine rings is 1. The van der Waals surface area contributed by atoms with Gasteiger partial charge in [0.05, 0.1) is 12.6 Å². The van der Waals surface area contributed by atoms with E-state index in [1.54, 1.807) is 4.90 Å². The third kappa shape index (κ3) is 2.67. The monoisotopic (exact) mass is 354 g/mol. The Bertz CT molecular complexity index is 845. The fourth-order valence-electron chi connectivity index (χ4n) is 3.81. The molecule has 4 rings (SSSR count). The van der Waals surface area contributed by atoms with Gasteiger partial charge in [0.1, 0.15) is 18.1 Å². The number of rotatable bonds is 2. The van der Waals surface area contributed by atoms with Crippen molar-refractivity contribution in [3.8, 4) is 6.07 Å². The number of aromatic nitrogens is 3. The van der Waals surface area contributed by atoms with Crippen molar-refractivity contribution in [1.82, 2.24) is 35.2 Å². The molecule has 1 aromatic heterocycles. The molecule has 3 aliphatic rings. The third-order valence-electron chi connectivity index (χ3n) is 5.07. The normalized spacial score (nSPS) is 21.9. The first-order valence-electron chi connectivity index (χ1n) is 8.83. The summed E-state index contributed by atoms with van der Waals surface area (Å²) in [6.07, 6.45) is 3.73. The Kier molecular flexibility index (Phi) is 4.03. The van der Waals surface area contributed by atoms with Crippen LogP contribution in [0.1, 0.15) is 43.8 Å². The van der Waals surface area contributed by atoms with Gasteiger partial charge in [-0.05, 0) is 19.8 Å². The summed E-state index contributed by atoms with van der Waals surface area (Å²) >= 11 is 0. The predicted octanol–water partition coefficient (Wildman–Crippen LogP) is 0.481. The van der Waals surface area contributed by atoms with Gasteiger partial charge in [-0.25, -0.2) is 0 Å². The molecule has 2 N–H and O–H groups in total. The summed E-state index contributed by atoms with van der Waals surface area (Å²) in [6.45, 7) is 3.95. The number of hydrogen-bond donors (Lipinski definition) is 2. The molecule has 4 heterocycles. The van der Waals surface area contributed by atoms with Crippen molar-refractivity contribution in [2.75, 3.05) is 20.1 Å². The molecule has 136 valence electrons. The van der Waals surface area contributed by atoms with Gasteiger partial charge in [-0.15, -0.1) is 10.2 Å². The van der Waals surface area contributed by atoms with Crippen LogP contribution < -0.4 is 10.6 Å². The fourth-order valence-corrected chi connectivity index (χ4v) is 3.81. The van der Waals surface area contributed by atoms with Crippen LogP contribution in [0.4, 0.5) is 0 Å². The van der Waals surface area contributed by atoms with Crippen LogP contribution in [0.25, 0.3) is 5.82 Å². The van der Waals surface area contributed by atoms with Crippen LogP contribution in [-0.2, 0) is 11.3 Å². The van der Waals surface area contributed by atoms with E-state index in [0.29, 0.717) is 19.6 Å². The molecular weight excluding hydrogens is 332 g/mol. The van der Waals surface area contributed by atoms with E-state index >= 15 is 0 Å². The molecule has 3 aliphatic heterocycles. The number of hydrogen-bond acceptors (Lipinski definition) is 7. The van der Waals surface area contributed by atoms with Gasteiger partial charge in [0.2, 0.25) is 5.91 Å². The Morgan fingerprint density at radius 2 is 2.27 bits per heavy atom. The summed E-state index contributed by atoms with van der Waals surface area (Å²) in [5.74, 6) is 3.67. The molecule has 0 radical (unpaired) electrons. The topological polar surface area (TPSA) is 102 Å². The fraction of sp³-hybridized carbons (Fsp3) is 0.529. The Labute approximate surface area is 152 Å². The number of fused-ring (bicyclic) bond motifs is 2. The first-order valence-corrected chi connectivity index (χ1v) is 8.83. The highest BCUT2D eigenvalue weighted by Gasteiger charge is 2.34. The van der Waals surface area contributed by atoms with E-state index in [4.69, 9.17) is 5.26 Å². The SMILES string of the molecule is CC1=CNC2=C(N1)n1c(nnc1[C@@H]1CCCN(C(=O)CC#N)C1)CN2C. The van der Waals surface area contributed by atoms with Gasteiger partial charge in [-0.3, -0.25) is 9.36 Å². The summed E-state index contributed by atoms with van der Waals surface area (Å²) < 4.78 is 2.09. The highest BCUT2D eigenvalue weighted by Crippen LogP contribution is 2.32. The van der Waals surface area contributed by atoms with Gasteiger partial charge < -0.3 is 20.4 Å². The number of carbonyl (C=O) groups excluding carboxylic acids is 1. The van der Waals surface area contributed by atoms with Crippen molar-refractivity contribution < 1.29 is 4.79 Å². The Hall–Kier alpha value is -3.02. The first kappa shape index (κ1) is 16.4. The van der Waals surface area contributed by atoms with E-state index < -0.39 is 0 Å². The second-order valence-corrected chi connectivity index (χ2v) is 6.97. The lowest BCUT2D eigenvalue weighted by Crippen LogP contribution is -2.42. The minimum atomic E-state index is -0.105. The van der Waals surface area contributed by atoms with E-state index in [1.165, 1.54) is 0 Å². The summed E-state index contributed by atoms with van der Waals surface area (Å²) in [7, 11) is 2.01. The van der Waals surface area contributed by atoms with Crippen LogP contribution in [0.5, 0.6) is 0 Å². The summed E-state index contributed by atoms with van der Waals surface area (Å²) in [5.41, 5.74) is 1.01. The Balaban J connectivity index is 1.66. The number of nitriles is 1. The number of amides is 1. The zero-order chi connectivity index (χ0) is 18.3. The molecule has 26 heavy (non-hydrogen) atoms. The molecule has 0 bridgehead atoms. The van der Waals surface area contributed by atoms with Crippen LogP contribution >= 0.6 is 0 Å². The molecule has 0 spiro atoms. The zero-order valence-corrected chi connectivity index (χ0v) is 15.0. The molecule has 0 aliphatic carbocycles. The van der Waals surface area contributed by atoms with E-state index in [-0.39, 0.29) is 18.2 Å². The quantitative estimate of drug-likeness (QED) is 0.796. The maximum Gasteiger partial charge on any atom is 0.236 e. The van der Waals surface area contributed by atoms with E-state index in [9.17, 15) is 4.79 Å². The summed E-state index contributed by atoms with van der Waals surface area (Å²) in [4.78, 5) is 16.0. The standard InChI is InChI=1S/C17H22N8O/c1-11-8-19-16-17(20-11)25-13(10-23(16)2)21-22-15(25)12-4-3-7-24(9-12)14(26)5-6-18/h8,12,19-20H,3-5,7,9-10H2,1-2H3/t12-/m1/s1. The lowest BCUT2D eigenvalue weighted by atomic mass is 9.96. The Morgan fingerprint density at radius 1 is 1.42 bits per heavy atom. The lowest BCUT2D eigenvalue weighted by Gasteiger charge is -2.36. The number of carbonyl (C=O) groups is 1. The molecule has 1 fully saturated rings. The van der Waals surface area contributed by atoms with Gasteiger partial charge >= 0.3 is 0 Å². The van der Waals surface area contributed by atoms with Crippen molar-refractivity contribution in [1.29, 1.82) is 5.26 Å². The molecule has 1 aromatic rings. The van der Waals surface area contributed by atoms with Gasteiger partial charge in [-0.2, -0.15) is 5.26 Å². The largest absolute Gasteiger partial charge is 0.351 e. The summed E-state index contributed by atoms with van der Waals surface area (Å²) in [6, 6.07) is 1.95. The van der Waals surface area contributed by atoms with Crippen molar-refractivity contribution in [3.63, 3.8) is 0 Å². The van der Waals surface area contributed by atoms with Crippen molar-refractivity contribution in [3.05, 3.63) is 29.4 Å². The molecule has 1 atom stereocenters. The van der Waals surface area contributed by atoms with Gasteiger partial charge in [0.15, 0.2) is 11.6 Å². The zero-order valence-electron chi connectivity index (χ0n) is 15.0. The second-order valence-electron chi connectivity index (χ2n) is 6.97. The predicted molar refractivity (Wildman–Crippen MR) is 93.5 cm³/mol. The maximum absolute atomic E-state index is 12.1. The van der Waals surface area contributed by atoms with Crippen molar-refractivity contribution >= 4 is 11.7 Å². The molecule has 9 nitrogen and oxygen atoms in total. The number of allylic oxidation sites excluding steroid dienone is 1. The van der Waals surface area contributed by atoms with Gasteiger partial charge in [0.25, 0.3) is 0 Å². The van der Waals surface area contributed by atoms with E-state index in [0.717, 1.165) is 41.8 Å². The van der Waals surface area contributed by atoms with Crippen molar-refractivity contribution in [2.24, 2.45) is 0 Å². The van der Waals surface area contributed by atoms with Crippen LogP contribution in [0, 0.1) is 11.3 Å². The molecule has 9 heteroatoms. The van der Waals surface area contributed by atoms with Crippen LogP contribution in [0.3, 0.4) is 0 Å². The van der Waals surface area contributed by atoms with E-state index in [2.05, 4.69) is 30.3 Å². The van der Waals surface area contributed by atoms with Gasteiger partial charge in [0, 0.05) is 38.0 Å². The van der Waals surface area contributed by atoms with Crippen LogP contribution in [-0.4, -0.2) is 50.6 Å². The molecular formula is C17H22N8O. The smallest absolute Gasteiger partial charge is 0.236 e. The van der Waals surface area contributed by atoms with E-state index in [1.807, 2.05) is 26.2 Å². The van der Waals surface area contributed by atoms with Crippen LogP contribution in [0.15, 0.2) is 17.7 Å². The average Bonchev–Trinajstić information content (AvgIpc) is 3.06. The Morgan fingerprint density at radius 3 is 3.08 bits per heavy atom. The minimum Gasteiger partial charge on any atom is -0.351 e. The average molecular weight is 354 g/mol. The first-order chi connectivity index (χ1) is 12.6. The highest BCUT2D eigenvalue weighted by atomic mass is 16.2. The van der Waals surface area contributed by atoms with Gasteiger partial charge in [-0.1, -0.05) is 0 Å². The maximum atomic E-state index is 12.1. The molecule has 0 aromatic carbocycles. The minimum absolute atomic E-state index is 0.0692. The van der Waals surface area contributed by atoms with Crippen molar-refractivity contribution in [2.45, 2.75) is 38.6 Å². The molecule has 1 amide bonds. The number of nitrogens with one attached hydrogen (secondary N) is 2. The third-order valence-corrected chi connectivity index (χ3v) is 5.07. The highest BCUT2D eigenvalue weighted by molar-refractivity contribution is 5.78. The molecule has 0 unspecified atom stereocenters. The number of likely N-dealkylation sites (tertiary alicyclic amines) is 1. The summed E-state index contributed by atoms with van der Waals surface area (Å²) in [5, 5.41) is 24.4. The molecule has 0 saturated carbocycles. The second kappa shape index (κ2) is 6.37. The lowest BCUT2D eigenvalue weighted by molar-refractivity contribution is -0.131. The number of nitrogens with zero attached hydrogens (tertiary/aromatic N) is 6.